The number of nitrogens with two attached hydrogens (primary N) is 1. The Labute approximate surface area is 132 Å². The first-order valence-electron chi connectivity index (χ1n) is 6.36. The lowest BCUT2D eigenvalue weighted by atomic mass is 10.2. The lowest BCUT2D eigenvalue weighted by Crippen LogP contribution is -2.13. The van der Waals surface area contributed by atoms with E-state index in [0.29, 0.717) is 0 Å². The number of hydrogen-bond donors (Lipinski definition) is 1. The highest BCUT2D eigenvalue weighted by atomic mass is 32.2. The highest BCUT2D eigenvalue weighted by molar-refractivity contribution is 7.87. The van der Waals surface area contributed by atoms with Crippen LogP contribution in [-0.4, -0.2) is 27.4 Å². The molecule has 2 aromatic carbocycles. The van der Waals surface area contributed by atoms with Gasteiger partial charge in [0.15, 0.2) is 0 Å². The van der Waals surface area contributed by atoms with Gasteiger partial charge in [-0.25, -0.2) is 4.79 Å². The summed E-state index contributed by atoms with van der Waals surface area (Å²) in [6.45, 7) is 0. The van der Waals surface area contributed by atoms with Gasteiger partial charge in [0.25, 0.3) is 0 Å². The summed E-state index contributed by atoms with van der Waals surface area (Å²) < 4.78 is 33.9. The van der Waals surface area contributed by atoms with Gasteiger partial charge in [0.05, 0.1) is 12.7 Å². The van der Waals surface area contributed by atoms with Crippen LogP contribution in [0.1, 0.15) is 20.7 Å². The molecule has 2 N–H and O–H groups in total. The molecule has 0 heterocycles. The van der Waals surface area contributed by atoms with Gasteiger partial charge in [0.2, 0.25) is 5.91 Å². The summed E-state index contributed by atoms with van der Waals surface area (Å²) in [6, 6.07) is 10.6. The number of ether oxygens (including phenoxy) is 1. The Morgan fingerprint density at radius 2 is 1.65 bits per heavy atom. The van der Waals surface area contributed by atoms with Crippen LogP contribution >= 0.6 is 0 Å². The topological polar surface area (TPSA) is 113 Å². The van der Waals surface area contributed by atoms with Crippen LogP contribution in [0.15, 0.2) is 53.4 Å². The smallest absolute Gasteiger partial charge is 0.339 e. The minimum Gasteiger partial charge on any atom is -0.465 e. The van der Waals surface area contributed by atoms with E-state index in [4.69, 9.17) is 9.92 Å². The van der Waals surface area contributed by atoms with Crippen molar-refractivity contribution in [1.29, 1.82) is 0 Å². The molecular formula is C15H13NO6S. The Morgan fingerprint density at radius 3 is 2.22 bits per heavy atom. The second kappa shape index (κ2) is 6.49. The molecule has 0 spiro atoms. The molecule has 0 aliphatic heterocycles. The van der Waals surface area contributed by atoms with Crippen molar-refractivity contribution in [2.75, 3.05) is 7.11 Å². The van der Waals surface area contributed by atoms with Crippen LogP contribution in [0.2, 0.25) is 0 Å². The molecule has 0 aliphatic rings. The van der Waals surface area contributed by atoms with E-state index in [-0.39, 0.29) is 21.8 Å². The number of amides is 1. The van der Waals surface area contributed by atoms with Crippen LogP contribution in [0.3, 0.4) is 0 Å². The fourth-order valence-electron chi connectivity index (χ4n) is 1.75. The third-order valence-electron chi connectivity index (χ3n) is 2.89. The number of methoxy groups -OCH3 is 1. The summed E-state index contributed by atoms with van der Waals surface area (Å²) >= 11 is 0. The van der Waals surface area contributed by atoms with Gasteiger partial charge in [0.1, 0.15) is 10.6 Å². The van der Waals surface area contributed by atoms with Gasteiger partial charge >= 0.3 is 16.1 Å². The van der Waals surface area contributed by atoms with Crippen molar-refractivity contribution in [1.82, 2.24) is 0 Å². The van der Waals surface area contributed by atoms with Gasteiger partial charge in [-0.3, -0.25) is 4.79 Å². The number of esters is 1. The summed E-state index contributed by atoms with van der Waals surface area (Å²) in [6.07, 6.45) is 0. The van der Waals surface area contributed by atoms with E-state index in [1.54, 1.807) is 0 Å². The van der Waals surface area contributed by atoms with Crippen LogP contribution in [0, 0.1) is 0 Å². The van der Waals surface area contributed by atoms with Gasteiger partial charge in [-0.1, -0.05) is 6.07 Å². The first-order chi connectivity index (χ1) is 10.8. The SMILES string of the molecule is COC(=O)c1cccc(OS(=O)(=O)c2ccc(C(N)=O)cc2)c1. The monoisotopic (exact) mass is 335 g/mol. The molecule has 0 fully saturated rings. The van der Waals surface area contributed by atoms with Crippen molar-refractivity contribution in [3.63, 3.8) is 0 Å². The molecule has 0 aliphatic carbocycles. The predicted octanol–water partition coefficient (Wildman–Crippen LogP) is 1.34. The fourth-order valence-corrected chi connectivity index (χ4v) is 2.68. The maximum atomic E-state index is 12.2. The first-order valence-corrected chi connectivity index (χ1v) is 7.77. The zero-order valence-electron chi connectivity index (χ0n) is 12.1. The lowest BCUT2D eigenvalue weighted by molar-refractivity contribution is 0.0600. The minimum absolute atomic E-state index is 0.0353. The second-order valence-corrected chi connectivity index (χ2v) is 5.99. The molecule has 0 saturated carbocycles. The summed E-state index contributed by atoms with van der Waals surface area (Å²) in [7, 11) is -2.89. The molecule has 0 aromatic heterocycles. The van der Waals surface area contributed by atoms with Gasteiger partial charge in [-0.05, 0) is 42.5 Å². The van der Waals surface area contributed by atoms with Crippen molar-refractivity contribution < 1.29 is 26.9 Å². The molecule has 7 nitrogen and oxygen atoms in total. The molecule has 0 saturated heterocycles. The van der Waals surface area contributed by atoms with E-state index in [9.17, 15) is 18.0 Å². The number of carbonyl (C=O) groups excluding carboxylic acids is 2. The molecule has 23 heavy (non-hydrogen) atoms. The van der Waals surface area contributed by atoms with Crippen molar-refractivity contribution in [2.24, 2.45) is 5.73 Å². The van der Waals surface area contributed by atoms with Gasteiger partial charge in [-0.2, -0.15) is 8.42 Å². The van der Waals surface area contributed by atoms with Crippen molar-refractivity contribution in [3.05, 3.63) is 59.7 Å². The van der Waals surface area contributed by atoms with E-state index in [1.165, 1.54) is 55.6 Å². The molecule has 0 unspecified atom stereocenters. The fraction of sp³-hybridized carbons (Fsp3) is 0.0667. The molecule has 8 heteroatoms. The van der Waals surface area contributed by atoms with Gasteiger partial charge < -0.3 is 14.7 Å². The van der Waals surface area contributed by atoms with E-state index < -0.39 is 22.0 Å². The van der Waals surface area contributed by atoms with E-state index >= 15 is 0 Å². The van der Waals surface area contributed by atoms with Crippen LogP contribution in [-0.2, 0) is 14.9 Å². The average Bonchev–Trinajstić information content (AvgIpc) is 2.54. The molecule has 0 atom stereocenters. The van der Waals surface area contributed by atoms with Gasteiger partial charge in [-0.15, -0.1) is 0 Å². The number of rotatable bonds is 5. The summed E-state index contributed by atoms with van der Waals surface area (Å²) in [5.41, 5.74) is 5.43. The van der Waals surface area contributed by atoms with E-state index in [1.807, 2.05) is 0 Å². The molecule has 2 rings (SSSR count). The Bertz CT molecular complexity index is 843. The van der Waals surface area contributed by atoms with E-state index in [2.05, 4.69) is 4.74 Å². The molecule has 0 bridgehead atoms. The molecule has 1 amide bonds. The van der Waals surface area contributed by atoms with Crippen LogP contribution < -0.4 is 9.92 Å². The Balaban J connectivity index is 2.27. The predicted molar refractivity (Wildman–Crippen MR) is 80.6 cm³/mol. The number of primary amides is 1. The first kappa shape index (κ1) is 16.5. The quantitative estimate of drug-likeness (QED) is 0.651. The third kappa shape index (κ3) is 3.86. The van der Waals surface area contributed by atoms with Crippen molar-refractivity contribution >= 4 is 22.0 Å². The second-order valence-electron chi connectivity index (χ2n) is 4.45. The number of carbonyl (C=O) groups is 2. The van der Waals surface area contributed by atoms with Crippen LogP contribution in [0.4, 0.5) is 0 Å². The van der Waals surface area contributed by atoms with Crippen molar-refractivity contribution in [3.8, 4) is 5.75 Å². The van der Waals surface area contributed by atoms with Gasteiger partial charge in [0, 0.05) is 5.56 Å². The standard InChI is InChI=1S/C15H13NO6S/c1-21-15(18)11-3-2-4-12(9-11)22-23(19,20)13-7-5-10(6-8-13)14(16)17/h2-9H,1H3,(H2,16,17). The summed E-state index contributed by atoms with van der Waals surface area (Å²) in [5, 5.41) is 0. The normalized spacial score (nSPS) is 10.8. The zero-order valence-corrected chi connectivity index (χ0v) is 12.9. The maximum absolute atomic E-state index is 12.2. The minimum atomic E-state index is -4.11. The van der Waals surface area contributed by atoms with E-state index in [0.717, 1.165) is 0 Å². The highest BCUT2D eigenvalue weighted by Gasteiger charge is 2.18. The molecule has 2 aromatic rings. The largest absolute Gasteiger partial charge is 0.465 e. The Hall–Kier alpha value is -2.87. The zero-order chi connectivity index (χ0) is 17.0. The van der Waals surface area contributed by atoms with Crippen molar-refractivity contribution in [2.45, 2.75) is 4.90 Å². The Kier molecular flexibility index (Phi) is 4.65. The molecule has 120 valence electrons. The number of benzene rings is 2. The third-order valence-corrected chi connectivity index (χ3v) is 4.15. The Morgan fingerprint density at radius 1 is 1.00 bits per heavy atom. The summed E-state index contributed by atoms with van der Waals surface area (Å²) in [5.74, 6) is -1.31. The number of hydrogen-bond acceptors (Lipinski definition) is 6. The van der Waals surface area contributed by atoms with Crippen LogP contribution in [0.5, 0.6) is 5.75 Å². The molecular weight excluding hydrogens is 322 g/mol. The average molecular weight is 335 g/mol. The lowest BCUT2D eigenvalue weighted by Gasteiger charge is -2.08. The maximum Gasteiger partial charge on any atom is 0.339 e. The molecule has 0 radical (unpaired) electrons. The summed E-state index contributed by atoms with van der Waals surface area (Å²) in [4.78, 5) is 22.3. The van der Waals surface area contributed by atoms with Crippen LogP contribution in [0.25, 0.3) is 0 Å². The highest BCUT2D eigenvalue weighted by Crippen LogP contribution is 2.20.